The van der Waals surface area contributed by atoms with Gasteiger partial charge in [0.05, 0.1) is 6.04 Å². The Kier molecular flexibility index (Phi) is 2.40. The topological polar surface area (TPSA) is 29.5 Å². The number of fused-ring (bicyclic) bond motifs is 5. The molecule has 1 aliphatic heterocycles. The van der Waals surface area contributed by atoms with Crippen molar-refractivity contribution in [2.45, 2.75) is 44.8 Å². The number of rotatable bonds is 0. The lowest BCUT2D eigenvalue weighted by Crippen LogP contribution is -2.38. The molecule has 0 saturated carbocycles. The second kappa shape index (κ2) is 3.74. The Labute approximate surface area is 108 Å². The van der Waals surface area contributed by atoms with Crippen molar-refractivity contribution in [2.75, 3.05) is 6.54 Å². The van der Waals surface area contributed by atoms with E-state index in [0.717, 1.165) is 13.0 Å². The fraction of sp³-hybridized carbons (Fsp3) is 0.533. The summed E-state index contributed by atoms with van der Waals surface area (Å²) in [6, 6.07) is 8.67. The first-order chi connectivity index (χ1) is 8.46. The van der Waals surface area contributed by atoms with Crippen molar-refractivity contribution in [1.82, 2.24) is 4.90 Å². The van der Waals surface area contributed by atoms with Crippen molar-refractivity contribution >= 4 is 6.09 Å². The van der Waals surface area contributed by atoms with Crippen LogP contribution in [-0.4, -0.2) is 23.1 Å². The normalized spacial score (nSPS) is 25.2. The quantitative estimate of drug-likeness (QED) is 0.700. The van der Waals surface area contributed by atoms with Crippen molar-refractivity contribution in [3.63, 3.8) is 0 Å². The first-order valence-corrected chi connectivity index (χ1v) is 6.54. The lowest BCUT2D eigenvalue weighted by molar-refractivity contribution is 0.0215. The van der Waals surface area contributed by atoms with Crippen LogP contribution in [0.2, 0.25) is 0 Å². The van der Waals surface area contributed by atoms with Crippen LogP contribution in [0, 0.1) is 0 Å². The zero-order valence-electron chi connectivity index (χ0n) is 11.1. The van der Waals surface area contributed by atoms with Crippen molar-refractivity contribution < 1.29 is 9.53 Å². The number of benzene rings is 1. The molecule has 3 rings (SSSR count). The van der Waals surface area contributed by atoms with E-state index in [1.54, 1.807) is 0 Å². The van der Waals surface area contributed by atoms with E-state index in [1.807, 2.05) is 31.7 Å². The van der Waals surface area contributed by atoms with Crippen LogP contribution in [0.25, 0.3) is 0 Å². The predicted octanol–water partition coefficient (Wildman–Crippen LogP) is 3.47. The molecule has 0 radical (unpaired) electrons. The summed E-state index contributed by atoms with van der Waals surface area (Å²) in [6.07, 6.45) is 0.878. The van der Waals surface area contributed by atoms with E-state index in [9.17, 15) is 4.79 Å². The Balaban J connectivity index is 1.82. The minimum absolute atomic E-state index is 0.176. The van der Waals surface area contributed by atoms with Crippen LogP contribution < -0.4 is 0 Å². The summed E-state index contributed by atoms with van der Waals surface area (Å²) >= 11 is 0. The van der Waals surface area contributed by atoms with Gasteiger partial charge >= 0.3 is 6.09 Å². The molecule has 1 aromatic rings. The fourth-order valence-corrected chi connectivity index (χ4v) is 3.06. The molecule has 1 amide bonds. The highest BCUT2D eigenvalue weighted by Gasteiger charge is 2.45. The van der Waals surface area contributed by atoms with Crippen LogP contribution in [0.15, 0.2) is 24.3 Å². The lowest BCUT2D eigenvalue weighted by atomic mass is 10.00. The molecule has 1 aromatic carbocycles. The molecule has 3 heteroatoms. The summed E-state index contributed by atoms with van der Waals surface area (Å²) in [5.74, 6) is 0.499. The third kappa shape index (κ3) is 1.78. The number of amides is 1. The molecular formula is C15H19NO2. The molecule has 0 N–H and O–H groups in total. The number of carbonyl (C=O) groups is 1. The van der Waals surface area contributed by atoms with Gasteiger partial charge in [0.25, 0.3) is 0 Å². The molecule has 1 saturated heterocycles. The summed E-state index contributed by atoms with van der Waals surface area (Å²) in [5.41, 5.74) is 2.31. The second-order valence-corrected chi connectivity index (χ2v) is 6.21. The van der Waals surface area contributed by atoms with E-state index in [1.165, 1.54) is 11.1 Å². The van der Waals surface area contributed by atoms with Gasteiger partial charge in [-0.25, -0.2) is 4.79 Å². The molecular weight excluding hydrogens is 226 g/mol. The minimum Gasteiger partial charge on any atom is -0.444 e. The van der Waals surface area contributed by atoms with Crippen LogP contribution in [0.1, 0.15) is 50.3 Å². The Bertz CT molecular complexity index is 490. The van der Waals surface area contributed by atoms with Gasteiger partial charge in [0.2, 0.25) is 0 Å². The molecule has 1 fully saturated rings. The van der Waals surface area contributed by atoms with Crippen LogP contribution in [0.3, 0.4) is 0 Å². The van der Waals surface area contributed by atoms with Gasteiger partial charge in [0.15, 0.2) is 0 Å². The molecule has 1 heterocycles. The average Bonchev–Trinajstić information content (AvgIpc) is 2.85. The monoisotopic (exact) mass is 245 g/mol. The molecule has 18 heavy (non-hydrogen) atoms. The number of nitrogens with zero attached hydrogens (tertiary/aromatic N) is 1. The van der Waals surface area contributed by atoms with Crippen molar-refractivity contribution in [1.29, 1.82) is 0 Å². The lowest BCUT2D eigenvalue weighted by Gasteiger charge is -2.31. The maximum absolute atomic E-state index is 12.2. The first-order valence-electron chi connectivity index (χ1n) is 6.54. The van der Waals surface area contributed by atoms with Crippen LogP contribution in [0.4, 0.5) is 4.79 Å². The Morgan fingerprint density at radius 3 is 2.61 bits per heavy atom. The molecule has 2 atom stereocenters. The number of hydrogen-bond acceptors (Lipinski definition) is 2. The molecule has 3 nitrogen and oxygen atoms in total. The van der Waals surface area contributed by atoms with E-state index in [4.69, 9.17) is 4.74 Å². The highest BCUT2D eigenvalue weighted by Crippen LogP contribution is 2.50. The first kappa shape index (κ1) is 11.6. The predicted molar refractivity (Wildman–Crippen MR) is 69.5 cm³/mol. The van der Waals surface area contributed by atoms with Crippen molar-refractivity contribution in [3.8, 4) is 0 Å². The zero-order valence-corrected chi connectivity index (χ0v) is 11.1. The maximum atomic E-state index is 12.2. The third-order valence-electron chi connectivity index (χ3n) is 3.72. The SMILES string of the molecule is CC(C)(C)OC(=O)N1C[C@H]2C[C@@H]1c1ccccc12. The van der Waals surface area contributed by atoms with Gasteiger partial charge in [0.1, 0.15) is 5.60 Å². The smallest absolute Gasteiger partial charge is 0.410 e. The number of likely N-dealkylation sites (tertiary alicyclic amines) is 1. The molecule has 0 spiro atoms. The number of ether oxygens (including phenoxy) is 1. The minimum atomic E-state index is -0.418. The van der Waals surface area contributed by atoms with Gasteiger partial charge in [-0.15, -0.1) is 0 Å². The summed E-state index contributed by atoms with van der Waals surface area (Å²) < 4.78 is 5.48. The van der Waals surface area contributed by atoms with Crippen LogP contribution >= 0.6 is 0 Å². The summed E-state index contributed by atoms with van der Waals surface area (Å²) in [7, 11) is 0. The van der Waals surface area contributed by atoms with Crippen LogP contribution in [0.5, 0.6) is 0 Å². The third-order valence-corrected chi connectivity index (χ3v) is 3.72. The van der Waals surface area contributed by atoms with Gasteiger partial charge in [0, 0.05) is 12.5 Å². The molecule has 1 aliphatic carbocycles. The summed E-state index contributed by atoms with van der Waals surface area (Å²) in [4.78, 5) is 14.1. The largest absolute Gasteiger partial charge is 0.444 e. The highest BCUT2D eigenvalue weighted by molar-refractivity contribution is 5.70. The van der Waals surface area contributed by atoms with E-state index >= 15 is 0 Å². The second-order valence-electron chi connectivity index (χ2n) is 6.21. The van der Waals surface area contributed by atoms with Gasteiger partial charge < -0.3 is 9.64 Å². The Hall–Kier alpha value is -1.51. The van der Waals surface area contributed by atoms with E-state index in [-0.39, 0.29) is 12.1 Å². The highest BCUT2D eigenvalue weighted by atomic mass is 16.6. The number of hydrogen-bond donors (Lipinski definition) is 0. The Morgan fingerprint density at radius 2 is 1.94 bits per heavy atom. The summed E-state index contributed by atoms with van der Waals surface area (Å²) in [5, 5.41) is 0. The van der Waals surface area contributed by atoms with E-state index in [0.29, 0.717) is 5.92 Å². The standard InChI is InChI=1S/C15H19NO2/c1-15(2,3)18-14(17)16-9-10-8-13(16)12-7-5-4-6-11(10)12/h4-7,10,13H,8-9H2,1-3H3/t10-,13-/m1/s1. The maximum Gasteiger partial charge on any atom is 0.410 e. The average molecular weight is 245 g/mol. The van der Waals surface area contributed by atoms with Crippen molar-refractivity contribution in [2.24, 2.45) is 0 Å². The fourth-order valence-electron chi connectivity index (χ4n) is 3.06. The Morgan fingerprint density at radius 1 is 1.28 bits per heavy atom. The number of carbonyl (C=O) groups excluding carboxylic acids is 1. The van der Waals surface area contributed by atoms with Gasteiger partial charge in [-0.1, -0.05) is 24.3 Å². The molecule has 2 aliphatic rings. The van der Waals surface area contributed by atoms with Gasteiger partial charge in [-0.3, -0.25) is 0 Å². The molecule has 0 unspecified atom stereocenters. The molecule has 2 bridgehead atoms. The van der Waals surface area contributed by atoms with Gasteiger partial charge in [-0.2, -0.15) is 0 Å². The van der Waals surface area contributed by atoms with Crippen LogP contribution in [-0.2, 0) is 4.74 Å². The molecule has 0 aromatic heterocycles. The van der Waals surface area contributed by atoms with Gasteiger partial charge in [-0.05, 0) is 38.3 Å². The molecule has 96 valence electrons. The van der Waals surface area contributed by atoms with E-state index < -0.39 is 5.60 Å². The van der Waals surface area contributed by atoms with E-state index in [2.05, 4.69) is 18.2 Å². The zero-order chi connectivity index (χ0) is 12.9. The summed E-state index contributed by atoms with van der Waals surface area (Å²) in [6.45, 7) is 6.53. The van der Waals surface area contributed by atoms with Crippen molar-refractivity contribution in [3.05, 3.63) is 35.4 Å².